The number of halogens is 2. The number of nitrogens with zero attached hydrogens (tertiary/aromatic N) is 2. The van der Waals surface area contributed by atoms with Crippen LogP contribution in [-0.2, 0) is 6.42 Å². The van der Waals surface area contributed by atoms with E-state index >= 15 is 0 Å². The molecule has 0 saturated carbocycles. The van der Waals surface area contributed by atoms with Crippen molar-refractivity contribution >= 4 is 6.21 Å². The first-order chi connectivity index (χ1) is 12.4. The van der Waals surface area contributed by atoms with Gasteiger partial charge < -0.3 is 4.74 Å². The van der Waals surface area contributed by atoms with Crippen LogP contribution >= 0.6 is 0 Å². The van der Waals surface area contributed by atoms with Gasteiger partial charge in [0.25, 0.3) is 0 Å². The van der Waals surface area contributed by atoms with Crippen LogP contribution in [0.2, 0.25) is 0 Å². The van der Waals surface area contributed by atoms with E-state index in [1.54, 1.807) is 19.5 Å². The van der Waals surface area contributed by atoms with Crippen LogP contribution in [-0.4, -0.2) is 30.8 Å². The van der Waals surface area contributed by atoms with Crippen molar-refractivity contribution in [1.82, 2.24) is 4.98 Å². The maximum absolute atomic E-state index is 12.9. The summed E-state index contributed by atoms with van der Waals surface area (Å²) < 4.78 is 31.2. The smallest absolute Gasteiger partial charge is 0.247 e. The minimum absolute atomic E-state index is 0.0996. The predicted molar refractivity (Wildman–Crippen MR) is 102 cm³/mol. The lowest BCUT2D eigenvalue weighted by Gasteiger charge is -2.12. The second kappa shape index (κ2) is 9.22. The number of pyridine rings is 1. The van der Waals surface area contributed by atoms with Gasteiger partial charge in [-0.1, -0.05) is 30.3 Å². The molecule has 3 nitrogen and oxygen atoms in total. The first-order valence-electron chi connectivity index (χ1n) is 8.54. The van der Waals surface area contributed by atoms with Crippen molar-refractivity contribution in [3.05, 3.63) is 59.9 Å². The van der Waals surface area contributed by atoms with Gasteiger partial charge in [0.05, 0.1) is 12.8 Å². The average molecular weight is 358 g/mol. The van der Waals surface area contributed by atoms with E-state index in [0.717, 1.165) is 35.1 Å². The largest absolute Gasteiger partial charge is 0.496 e. The summed E-state index contributed by atoms with van der Waals surface area (Å²) in [5.41, 5.74) is 3.77. The lowest BCUT2D eigenvalue weighted by Crippen LogP contribution is -2.10. The highest BCUT2D eigenvalue weighted by molar-refractivity contribution is 5.80. The quantitative estimate of drug-likeness (QED) is 0.595. The average Bonchev–Trinajstić information content (AvgIpc) is 2.63. The van der Waals surface area contributed by atoms with Gasteiger partial charge in [0.1, 0.15) is 5.75 Å². The number of ether oxygens (including phenoxy) is 1. The number of aromatic nitrogens is 1. The number of allylic oxidation sites excluding steroid dienone is 2. The van der Waals surface area contributed by atoms with E-state index in [-0.39, 0.29) is 13.0 Å². The molecule has 26 heavy (non-hydrogen) atoms. The highest BCUT2D eigenvalue weighted by atomic mass is 19.3. The van der Waals surface area contributed by atoms with Gasteiger partial charge in [-0.3, -0.25) is 9.98 Å². The Labute approximate surface area is 153 Å². The monoisotopic (exact) mass is 358 g/mol. The topological polar surface area (TPSA) is 34.5 Å². The van der Waals surface area contributed by atoms with Crippen molar-refractivity contribution in [2.75, 3.05) is 13.7 Å². The molecule has 0 amide bonds. The highest BCUT2D eigenvalue weighted by Crippen LogP contribution is 2.32. The normalized spacial score (nSPS) is 12.6. The third-order valence-electron chi connectivity index (χ3n) is 3.97. The number of rotatable bonds is 8. The molecule has 138 valence electrons. The molecule has 1 heterocycles. The van der Waals surface area contributed by atoms with Gasteiger partial charge in [0.2, 0.25) is 5.92 Å². The summed E-state index contributed by atoms with van der Waals surface area (Å²) in [6.45, 7) is 2.91. The molecule has 5 heteroatoms. The van der Waals surface area contributed by atoms with E-state index in [2.05, 4.69) is 9.98 Å². The summed E-state index contributed by atoms with van der Waals surface area (Å²) in [6.07, 6.45) is 5.64. The van der Waals surface area contributed by atoms with E-state index in [4.69, 9.17) is 4.74 Å². The van der Waals surface area contributed by atoms with Crippen LogP contribution in [0.3, 0.4) is 0 Å². The number of para-hydroxylation sites is 1. The SMILES string of the molecule is C/C=C(\C=N/CCC(C)(F)F)Cc1ncccc1-c1ccccc1OC. The van der Waals surface area contributed by atoms with Crippen molar-refractivity contribution in [3.63, 3.8) is 0 Å². The fourth-order valence-corrected chi connectivity index (χ4v) is 2.55. The van der Waals surface area contributed by atoms with Gasteiger partial charge in [0, 0.05) is 42.9 Å². The van der Waals surface area contributed by atoms with Crippen LogP contribution in [0, 0.1) is 0 Å². The molecule has 0 bridgehead atoms. The highest BCUT2D eigenvalue weighted by Gasteiger charge is 2.19. The van der Waals surface area contributed by atoms with Crippen molar-refractivity contribution in [2.24, 2.45) is 4.99 Å². The Morgan fingerprint density at radius 2 is 1.92 bits per heavy atom. The molecule has 0 unspecified atom stereocenters. The maximum atomic E-state index is 12.9. The number of methoxy groups -OCH3 is 1. The van der Waals surface area contributed by atoms with Gasteiger partial charge in [-0.15, -0.1) is 0 Å². The van der Waals surface area contributed by atoms with Crippen molar-refractivity contribution in [2.45, 2.75) is 32.6 Å². The van der Waals surface area contributed by atoms with Gasteiger partial charge in [-0.05, 0) is 31.6 Å². The second-order valence-corrected chi connectivity index (χ2v) is 6.09. The van der Waals surface area contributed by atoms with Gasteiger partial charge in [0.15, 0.2) is 0 Å². The molecule has 0 N–H and O–H groups in total. The Kier molecular flexibility index (Phi) is 7.01. The molecule has 2 rings (SSSR count). The summed E-state index contributed by atoms with van der Waals surface area (Å²) in [6, 6.07) is 11.7. The molecule has 0 aliphatic carbocycles. The first-order valence-corrected chi connectivity index (χ1v) is 8.54. The van der Waals surface area contributed by atoms with Gasteiger partial charge in [-0.25, -0.2) is 8.78 Å². The third-order valence-corrected chi connectivity index (χ3v) is 3.97. The Balaban J connectivity index is 2.20. The molecule has 0 saturated heterocycles. The van der Waals surface area contributed by atoms with E-state index in [9.17, 15) is 8.78 Å². The fourth-order valence-electron chi connectivity index (χ4n) is 2.55. The number of hydrogen-bond acceptors (Lipinski definition) is 3. The Hall–Kier alpha value is -2.56. The molecule has 0 atom stereocenters. The number of aliphatic imine (C=N–C) groups is 1. The molecule has 1 aromatic heterocycles. The van der Waals surface area contributed by atoms with Crippen LogP contribution in [0.15, 0.2) is 59.2 Å². The molecule has 0 fully saturated rings. The number of benzene rings is 1. The fraction of sp³-hybridized carbons (Fsp3) is 0.333. The molecule has 2 aromatic rings. The van der Waals surface area contributed by atoms with E-state index < -0.39 is 5.92 Å². The lowest BCUT2D eigenvalue weighted by molar-refractivity contribution is 0.0158. The van der Waals surface area contributed by atoms with Crippen LogP contribution in [0.4, 0.5) is 8.78 Å². The Morgan fingerprint density at radius 3 is 2.62 bits per heavy atom. The van der Waals surface area contributed by atoms with Gasteiger partial charge >= 0.3 is 0 Å². The molecule has 0 aliphatic heterocycles. The summed E-state index contributed by atoms with van der Waals surface area (Å²) in [5, 5.41) is 0. The van der Waals surface area contributed by atoms with Crippen molar-refractivity contribution in [3.8, 4) is 16.9 Å². The van der Waals surface area contributed by atoms with E-state index in [1.165, 1.54) is 0 Å². The summed E-state index contributed by atoms with van der Waals surface area (Å²) >= 11 is 0. The summed E-state index contributed by atoms with van der Waals surface area (Å²) in [7, 11) is 1.64. The number of hydrogen-bond donors (Lipinski definition) is 0. The second-order valence-electron chi connectivity index (χ2n) is 6.09. The minimum atomic E-state index is -2.69. The lowest BCUT2D eigenvalue weighted by atomic mass is 9.99. The molecule has 0 spiro atoms. The Morgan fingerprint density at radius 1 is 1.19 bits per heavy atom. The zero-order valence-corrected chi connectivity index (χ0v) is 15.4. The zero-order chi connectivity index (χ0) is 19.0. The zero-order valence-electron chi connectivity index (χ0n) is 15.4. The summed E-state index contributed by atoms with van der Waals surface area (Å²) in [4.78, 5) is 8.64. The van der Waals surface area contributed by atoms with Crippen LogP contribution in [0.1, 0.15) is 26.0 Å². The third kappa shape index (κ3) is 5.76. The molecule has 1 aromatic carbocycles. The molecule has 0 radical (unpaired) electrons. The number of alkyl halides is 2. The van der Waals surface area contributed by atoms with E-state index in [0.29, 0.717) is 6.42 Å². The standard InChI is InChI=1S/C21H24F2N2O/c1-4-16(15-24-13-11-21(2,22)23)14-19-17(9-7-12-25-19)18-8-5-6-10-20(18)26-3/h4-10,12,15H,11,13-14H2,1-3H3/b16-4-,24-15-. The van der Waals surface area contributed by atoms with Crippen molar-refractivity contribution < 1.29 is 13.5 Å². The maximum Gasteiger partial charge on any atom is 0.247 e. The van der Waals surface area contributed by atoms with Crippen molar-refractivity contribution in [1.29, 1.82) is 0 Å². The molecular formula is C21H24F2N2O. The van der Waals surface area contributed by atoms with Crippen LogP contribution in [0.25, 0.3) is 11.1 Å². The van der Waals surface area contributed by atoms with E-state index in [1.807, 2.05) is 49.4 Å². The first kappa shape index (κ1) is 19.8. The van der Waals surface area contributed by atoms with Gasteiger partial charge in [-0.2, -0.15) is 0 Å². The Bertz CT molecular complexity index is 780. The minimum Gasteiger partial charge on any atom is -0.496 e. The predicted octanol–water partition coefficient (Wildman–Crippen LogP) is 5.36. The van der Waals surface area contributed by atoms with Crippen LogP contribution in [0.5, 0.6) is 5.75 Å². The van der Waals surface area contributed by atoms with Crippen LogP contribution < -0.4 is 4.74 Å². The summed E-state index contributed by atoms with van der Waals surface area (Å²) in [5.74, 6) is -1.91. The molecular weight excluding hydrogens is 334 g/mol. The molecule has 0 aliphatic rings.